The van der Waals surface area contributed by atoms with E-state index in [4.69, 9.17) is 21.4 Å². The molecule has 0 atom stereocenters. The average molecular weight is 452 g/mol. The van der Waals surface area contributed by atoms with Crippen molar-refractivity contribution in [1.29, 1.82) is 0 Å². The number of thiocarbonyl (C=S) groups is 1. The van der Waals surface area contributed by atoms with Gasteiger partial charge in [0.15, 0.2) is 5.11 Å². The van der Waals surface area contributed by atoms with Crippen LogP contribution in [0.2, 0.25) is 0 Å². The lowest BCUT2D eigenvalue weighted by molar-refractivity contribution is 0.0947. The fourth-order valence-corrected chi connectivity index (χ4v) is 3.06. The van der Waals surface area contributed by atoms with Gasteiger partial charge in [0.1, 0.15) is 11.5 Å². The van der Waals surface area contributed by atoms with Crippen LogP contribution in [0.3, 0.4) is 0 Å². The molecule has 0 bridgehead atoms. The lowest BCUT2D eigenvalue weighted by Crippen LogP contribution is -2.35. The average Bonchev–Trinajstić information content (AvgIpc) is 3.32. The SMILES string of the molecule is CCCCOc1cccc(C(=O)NC(=S)Nc2ccccc2C(=O)NCc2ccco2)c1. The normalized spacial score (nSPS) is 10.3. The third-order valence-electron chi connectivity index (χ3n) is 4.51. The van der Waals surface area contributed by atoms with Crippen LogP contribution in [0.5, 0.6) is 5.75 Å². The highest BCUT2D eigenvalue weighted by molar-refractivity contribution is 7.80. The first kappa shape index (κ1) is 23.0. The van der Waals surface area contributed by atoms with Crippen molar-refractivity contribution >= 4 is 34.8 Å². The van der Waals surface area contributed by atoms with E-state index in [0.717, 1.165) is 12.8 Å². The predicted octanol–water partition coefficient (Wildman–Crippen LogP) is 4.52. The molecule has 1 heterocycles. The molecule has 0 aliphatic rings. The maximum absolute atomic E-state index is 12.6. The van der Waals surface area contributed by atoms with Crippen molar-refractivity contribution < 1.29 is 18.7 Å². The Kier molecular flexibility index (Phi) is 8.39. The number of rotatable bonds is 9. The van der Waals surface area contributed by atoms with Crippen molar-refractivity contribution in [2.24, 2.45) is 0 Å². The largest absolute Gasteiger partial charge is 0.494 e. The van der Waals surface area contributed by atoms with E-state index in [1.807, 2.05) is 0 Å². The van der Waals surface area contributed by atoms with Gasteiger partial charge in [-0.2, -0.15) is 0 Å². The Bertz CT molecular complexity index is 1070. The molecule has 0 radical (unpaired) electrons. The maximum atomic E-state index is 12.6. The van der Waals surface area contributed by atoms with Crippen molar-refractivity contribution in [2.75, 3.05) is 11.9 Å². The zero-order valence-electron chi connectivity index (χ0n) is 17.7. The second-order valence-corrected chi connectivity index (χ2v) is 7.35. The highest BCUT2D eigenvalue weighted by Gasteiger charge is 2.14. The van der Waals surface area contributed by atoms with Crippen LogP contribution in [0, 0.1) is 0 Å². The summed E-state index contributed by atoms with van der Waals surface area (Å²) in [5.41, 5.74) is 1.29. The quantitative estimate of drug-likeness (QED) is 0.327. The van der Waals surface area contributed by atoms with Crippen LogP contribution in [0.15, 0.2) is 71.3 Å². The number of nitrogens with one attached hydrogen (secondary N) is 3. The van der Waals surface area contributed by atoms with E-state index in [-0.39, 0.29) is 23.5 Å². The number of hydrogen-bond donors (Lipinski definition) is 3. The Morgan fingerprint density at radius 1 is 1.03 bits per heavy atom. The summed E-state index contributed by atoms with van der Waals surface area (Å²) < 4.78 is 10.9. The molecular formula is C24H25N3O4S. The summed E-state index contributed by atoms with van der Waals surface area (Å²) in [6.07, 6.45) is 3.52. The Hall–Kier alpha value is -3.65. The van der Waals surface area contributed by atoms with Crippen molar-refractivity contribution in [2.45, 2.75) is 26.3 Å². The number of carbonyl (C=O) groups is 2. The second kappa shape index (κ2) is 11.7. The molecule has 3 aromatic rings. The molecule has 7 nitrogen and oxygen atoms in total. The Labute approximate surface area is 192 Å². The molecule has 0 aliphatic carbocycles. The summed E-state index contributed by atoms with van der Waals surface area (Å²) in [7, 11) is 0. The molecule has 0 fully saturated rings. The number of hydrogen-bond acceptors (Lipinski definition) is 5. The first-order chi connectivity index (χ1) is 15.6. The minimum absolute atomic E-state index is 0.0820. The molecule has 32 heavy (non-hydrogen) atoms. The number of furan rings is 1. The number of para-hydroxylation sites is 1. The lowest BCUT2D eigenvalue weighted by atomic mass is 10.1. The van der Waals surface area contributed by atoms with Crippen LogP contribution in [0.25, 0.3) is 0 Å². The Balaban J connectivity index is 1.59. The monoisotopic (exact) mass is 451 g/mol. The molecule has 0 saturated heterocycles. The molecule has 2 amide bonds. The zero-order valence-corrected chi connectivity index (χ0v) is 18.5. The van der Waals surface area contributed by atoms with Crippen molar-refractivity contribution in [3.8, 4) is 5.75 Å². The highest BCUT2D eigenvalue weighted by Crippen LogP contribution is 2.16. The van der Waals surface area contributed by atoms with Gasteiger partial charge in [-0.25, -0.2) is 0 Å². The van der Waals surface area contributed by atoms with Gasteiger partial charge in [-0.3, -0.25) is 14.9 Å². The number of unbranched alkanes of at least 4 members (excludes halogenated alkanes) is 1. The van der Waals surface area contributed by atoms with Crippen LogP contribution in [-0.2, 0) is 6.54 Å². The fourth-order valence-electron chi connectivity index (χ4n) is 2.86. The smallest absolute Gasteiger partial charge is 0.257 e. The van der Waals surface area contributed by atoms with Gasteiger partial charge in [-0.1, -0.05) is 31.5 Å². The molecule has 0 unspecified atom stereocenters. The van der Waals surface area contributed by atoms with E-state index in [9.17, 15) is 9.59 Å². The second-order valence-electron chi connectivity index (χ2n) is 6.95. The minimum Gasteiger partial charge on any atom is -0.494 e. The van der Waals surface area contributed by atoms with E-state index in [1.165, 1.54) is 0 Å². The first-order valence-electron chi connectivity index (χ1n) is 10.3. The number of benzene rings is 2. The zero-order chi connectivity index (χ0) is 22.8. The lowest BCUT2D eigenvalue weighted by Gasteiger charge is -2.14. The van der Waals surface area contributed by atoms with Gasteiger partial charge in [-0.15, -0.1) is 0 Å². The molecule has 0 aliphatic heterocycles. The standard InChI is InChI=1S/C24H25N3O4S/c1-2-3-13-30-18-9-6-8-17(15-18)22(28)27-24(32)26-21-12-5-4-11-20(21)23(29)25-16-19-10-7-14-31-19/h4-12,14-15H,2-3,13,16H2,1H3,(H,25,29)(H2,26,27,28,32). The Morgan fingerprint density at radius 2 is 1.88 bits per heavy atom. The van der Waals surface area contributed by atoms with Gasteiger partial charge in [0, 0.05) is 5.56 Å². The minimum atomic E-state index is -0.372. The first-order valence-corrected chi connectivity index (χ1v) is 10.7. The molecular weight excluding hydrogens is 426 g/mol. The van der Waals surface area contributed by atoms with Gasteiger partial charge >= 0.3 is 0 Å². The summed E-state index contributed by atoms with van der Waals surface area (Å²) in [6.45, 7) is 2.94. The molecule has 0 saturated carbocycles. The van der Waals surface area contributed by atoms with E-state index in [1.54, 1.807) is 66.9 Å². The fraction of sp³-hybridized carbons (Fsp3) is 0.208. The number of anilines is 1. The topological polar surface area (TPSA) is 92.6 Å². The predicted molar refractivity (Wildman–Crippen MR) is 127 cm³/mol. The van der Waals surface area contributed by atoms with Crippen molar-refractivity contribution in [1.82, 2.24) is 10.6 Å². The van der Waals surface area contributed by atoms with Crippen LogP contribution in [0.4, 0.5) is 5.69 Å². The van der Waals surface area contributed by atoms with Gasteiger partial charge in [0.25, 0.3) is 11.8 Å². The Morgan fingerprint density at radius 3 is 2.66 bits per heavy atom. The summed E-state index contributed by atoms with van der Waals surface area (Å²) in [5, 5.41) is 8.44. The molecule has 166 valence electrons. The van der Waals surface area contributed by atoms with Crippen LogP contribution in [0.1, 0.15) is 46.2 Å². The van der Waals surface area contributed by atoms with E-state index in [2.05, 4.69) is 22.9 Å². The van der Waals surface area contributed by atoms with Gasteiger partial charge in [0.05, 0.1) is 30.7 Å². The van der Waals surface area contributed by atoms with E-state index < -0.39 is 0 Å². The molecule has 8 heteroatoms. The number of carbonyl (C=O) groups excluding carboxylic acids is 2. The van der Waals surface area contributed by atoms with E-state index in [0.29, 0.717) is 34.9 Å². The van der Waals surface area contributed by atoms with Gasteiger partial charge in [-0.05, 0) is 61.1 Å². The van der Waals surface area contributed by atoms with Gasteiger partial charge < -0.3 is 19.8 Å². The summed E-state index contributed by atoms with van der Waals surface area (Å²) in [4.78, 5) is 25.2. The van der Waals surface area contributed by atoms with Crippen LogP contribution >= 0.6 is 12.2 Å². The maximum Gasteiger partial charge on any atom is 0.257 e. The number of ether oxygens (including phenoxy) is 1. The van der Waals surface area contributed by atoms with Crippen molar-refractivity contribution in [3.05, 3.63) is 83.8 Å². The van der Waals surface area contributed by atoms with Crippen LogP contribution in [-0.4, -0.2) is 23.5 Å². The van der Waals surface area contributed by atoms with Crippen LogP contribution < -0.4 is 20.7 Å². The van der Waals surface area contributed by atoms with Gasteiger partial charge in [0.2, 0.25) is 0 Å². The summed E-state index contributed by atoms with van der Waals surface area (Å²) >= 11 is 5.29. The van der Waals surface area contributed by atoms with E-state index >= 15 is 0 Å². The molecule has 3 rings (SSSR count). The molecule has 0 spiro atoms. The third kappa shape index (κ3) is 6.68. The molecule has 3 N–H and O–H groups in total. The highest BCUT2D eigenvalue weighted by atomic mass is 32.1. The third-order valence-corrected chi connectivity index (χ3v) is 4.72. The summed E-state index contributed by atoms with van der Waals surface area (Å²) in [6, 6.07) is 17.3. The van der Waals surface area contributed by atoms with Crippen molar-refractivity contribution in [3.63, 3.8) is 0 Å². The summed E-state index contributed by atoms with van der Waals surface area (Å²) in [5.74, 6) is 0.606. The molecule has 2 aromatic carbocycles. The number of amides is 2. The molecule has 1 aromatic heterocycles.